The number of benzene rings is 1. The van der Waals surface area contributed by atoms with Gasteiger partial charge in [-0.2, -0.15) is 0 Å². The molecule has 1 aliphatic rings. The highest BCUT2D eigenvalue weighted by molar-refractivity contribution is 5.98. The summed E-state index contributed by atoms with van der Waals surface area (Å²) in [6.45, 7) is 2.19. The van der Waals surface area contributed by atoms with Gasteiger partial charge in [0.1, 0.15) is 5.82 Å². The van der Waals surface area contributed by atoms with Crippen LogP contribution in [0.15, 0.2) is 12.1 Å². The third kappa shape index (κ3) is 2.94. The van der Waals surface area contributed by atoms with Gasteiger partial charge in [-0.25, -0.2) is 4.39 Å². The lowest BCUT2D eigenvalue weighted by molar-refractivity contribution is 0.0871. The smallest absolute Gasteiger partial charge is 0.169 e. The van der Waals surface area contributed by atoms with E-state index in [-0.39, 0.29) is 17.3 Å². The van der Waals surface area contributed by atoms with E-state index >= 15 is 0 Å². The van der Waals surface area contributed by atoms with Gasteiger partial charge in [0.15, 0.2) is 17.3 Å². The Balaban J connectivity index is 2.25. The van der Waals surface area contributed by atoms with Crippen molar-refractivity contribution in [3.05, 3.63) is 23.5 Å². The van der Waals surface area contributed by atoms with E-state index in [1.165, 1.54) is 26.4 Å². The zero-order valence-corrected chi connectivity index (χ0v) is 12.2. The van der Waals surface area contributed by atoms with E-state index in [1.807, 2.05) is 0 Å². The van der Waals surface area contributed by atoms with Crippen LogP contribution in [-0.2, 0) is 0 Å². The molecule has 0 bridgehead atoms. The molecule has 0 aromatic heterocycles. The first kappa shape index (κ1) is 14.8. The van der Waals surface area contributed by atoms with Crippen LogP contribution in [-0.4, -0.2) is 20.0 Å². The van der Waals surface area contributed by atoms with Gasteiger partial charge in [0, 0.05) is 12.0 Å². The Bertz CT molecular complexity index is 491. The Morgan fingerprint density at radius 2 is 1.65 bits per heavy atom. The molecule has 2 rings (SSSR count). The van der Waals surface area contributed by atoms with Gasteiger partial charge in [-0.3, -0.25) is 4.79 Å². The van der Waals surface area contributed by atoms with E-state index < -0.39 is 5.82 Å². The second-order valence-electron chi connectivity index (χ2n) is 5.51. The molecule has 1 saturated carbocycles. The van der Waals surface area contributed by atoms with Gasteiger partial charge in [-0.1, -0.05) is 19.8 Å². The first-order valence-corrected chi connectivity index (χ1v) is 7.02. The SMILES string of the molecule is COc1cc(F)c(C(=O)C2CCC(C)CC2)cc1OC. The van der Waals surface area contributed by atoms with Crippen LogP contribution in [0.4, 0.5) is 4.39 Å². The molecule has 20 heavy (non-hydrogen) atoms. The number of Topliss-reactive ketones (excluding diaryl/α,β-unsaturated/α-hetero) is 1. The molecule has 0 saturated heterocycles. The quantitative estimate of drug-likeness (QED) is 0.786. The van der Waals surface area contributed by atoms with Crippen LogP contribution in [0.3, 0.4) is 0 Å². The van der Waals surface area contributed by atoms with Crippen molar-refractivity contribution in [2.75, 3.05) is 14.2 Å². The fraction of sp³-hybridized carbons (Fsp3) is 0.562. The van der Waals surface area contributed by atoms with E-state index in [4.69, 9.17) is 9.47 Å². The predicted molar refractivity (Wildman–Crippen MR) is 75.0 cm³/mol. The average Bonchev–Trinajstić information content (AvgIpc) is 2.47. The molecule has 1 aromatic rings. The van der Waals surface area contributed by atoms with E-state index in [9.17, 15) is 9.18 Å². The van der Waals surface area contributed by atoms with Crippen molar-refractivity contribution < 1.29 is 18.7 Å². The van der Waals surface area contributed by atoms with Gasteiger partial charge in [0.05, 0.1) is 19.8 Å². The molecule has 1 aromatic carbocycles. The van der Waals surface area contributed by atoms with E-state index in [2.05, 4.69) is 6.92 Å². The normalized spacial score (nSPS) is 22.4. The Hall–Kier alpha value is -1.58. The molecule has 4 heteroatoms. The van der Waals surface area contributed by atoms with Crippen molar-refractivity contribution in [3.8, 4) is 11.5 Å². The number of carbonyl (C=O) groups is 1. The number of halogens is 1. The Morgan fingerprint density at radius 3 is 2.20 bits per heavy atom. The van der Waals surface area contributed by atoms with Crippen LogP contribution < -0.4 is 9.47 Å². The molecule has 0 atom stereocenters. The molecule has 0 radical (unpaired) electrons. The number of ether oxygens (including phenoxy) is 2. The molecule has 0 unspecified atom stereocenters. The summed E-state index contributed by atoms with van der Waals surface area (Å²) in [5.41, 5.74) is 0.113. The lowest BCUT2D eigenvalue weighted by Gasteiger charge is -2.25. The van der Waals surface area contributed by atoms with Gasteiger partial charge < -0.3 is 9.47 Å². The van der Waals surface area contributed by atoms with E-state index in [0.717, 1.165) is 25.7 Å². The molecule has 0 heterocycles. The molecule has 110 valence electrons. The van der Waals surface area contributed by atoms with Crippen molar-refractivity contribution in [1.29, 1.82) is 0 Å². The molecule has 0 spiro atoms. The summed E-state index contributed by atoms with van der Waals surface area (Å²) in [5, 5.41) is 0. The van der Waals surface area contributed by atoms with E-state index in [1.54, 1.807) is 0 Å². The molecular weight excluding hydrogens is 259 g/mol. The Kier molecular flexibility index (Phi) is 4.63. The van der Waals surface area contributed by atoms with Crippen molar-refractivity contribution in [1.82, 2.24) is 0 Å². The largest absolute Gasteiger partial charge is 0.493 e. The van der Waals surface area contributed by atoms with Crippen LogP contribution in [0.5, 0.6) is 11.5 Å². The minimum absolute atomic E-state index is 0.0706. The summed E-state index contributed by atoms with van der Waals surface area (Å²) < 4.78 is 24.3. The number of carbonyl (C=O) groups excluding carboxylic acids is 1. The van der Waals surface area contributed by atoms with Crippen LogP contribution in [0, 0.1) is 17.7 Å². The van der Waals surface area contributed by atoms with Gasteiger partial charge in [0.2, 0.25) is 0 Å². The van der Waals surface area contributed by atoms with Gasteiger partial charge in [-0.15, -0.1) is 0 Å². The van der Waals surface area contributed by atoms with Gasteiger partial charge in [0.25, 0.3) is 0 Å². The lowest BCUT2D eigenvalue weighted by atomic mass is 9.79. The Labute approximate surface area is 119 Å². The highest BCUT2D eigenvalue weighted by Gasteiger charge is 2.28. The fourth-order valence-electron chi connectivity index (χ4n) is 2.79. The summed E-state index contributed by atoms with van der Waals surface area (Å²) in [6.07, 6.45) is 3.75. The first-order chi connectivity index (χ1) is 9.56. The molecule has 0 aliphatic heterocycles. The average molecular weight is 280 g/mol. The molecular formula is C16H21FO3. The summed E-state index contributed by atoms with van der Waals surface area (Å²) in [6, 6.07) is 2.67. The van der Waals surface area contributed by atoms with Gasteiger partial charge >= 0.3 is 0 Å². The number of rotatable bonds is 4. The van der Waals surface area contributed by atoms with Crippen molar-refractivity contribution in [3.63, 3.8) is 0 Å². The molecule has 1 fully saturated rings. The zero-order valence-electron chi connectivity index (χ0n) is 12.2. The standard InChI is InChI=1S/C16H21FO3/c1-10-4-6-11(7-5-10)16(18)12-8-14(19-2)15(20-3)9-13(12)17/h8-11H,4-7H2,1-3H3. The topological polar surface area (TPSA) is 35.5 Å². The number of hydrogen-bond acceptors (Lipinski definition) is 3. The molecule has 3 nitrogen and oxygen atoms in total. The number of hydrogen-bond donors (Lipinski definition) is 0. The first-order valence-electron chi connectivity index (χ1n) is 7.02. The zero-order chi connectivity index (χ0) is 14.7. The molecule has 1 aliphatic carbocycles. The fourth-order valence-corrected chi connectivity index (χ4v) is 2.79. The molecule has 0 amide bonds. The maximum absolute atomic E-state index is 14.1. The van der Waals surface area contributed by atoms with Crippen LogP contribution in [0.2, 0.25) is 0 Å². The van der Waals surface area contributed by atoms with E-state index in [0.29, 0.717) is 17.4 Å². The summed E-state index contributed by atoms with van der Waals surface area (Å²) >= 11 is 0. The second-order valence-corrected chi connectivity index (χ2v) is 5.51. The van der Waals surface area contributed by atoms with Crippen LogP contribution in [0.1, 0.15) is 43.0 Å². The number of ketones is 1. The number of methoxy groups -OCH3 is 2. The van der Waals surface area contributed by atoms with Crippen molar-refractivity contribution >= 4 is 5.78 Å². The third-order valence-corrected chi connectivity index (χ3v) is 4.13. The second kappa shape index (κ2) is 6.25. The van der Waals surface area contributed by atoms with Gasteiger partial charge in [-0.05, 0) is 24.8 Å². The maximum Gasteiger partial charge on any atom is 0.169 e. The predicted octanol–water partition coefficient (Wildman–Crippen LogP) is 3.85. The van der Waals surface area contributed by atoms with Crippen molar-refractivity contribution in [2.45, 2.75) is 32.6 Å². The highest BCUT2D eigenvalue weighted by Crippen LogP contribution is 2.34. The monoisotopic (exact) mass is 280 g/mol. The Morgan fingerprint density at radius 1 is 1.10 bits per heavy atom. The third-order valence-electron chi connectivity index (χ3n) is 4.13. The van der Waals surface area contributed by atoms with Crippen LogP contribution in [0.25, 0.3) is 0 Å². The summed E-state index contributed by atoms with van der Waals surface area (Å²) in [4.78, 5) is 12.5. The lowest BCUT2D eigenvalue weighted by Crippen LogP contribution is -2.22. The minimum Gasteiger partial charge on any atom is -0.493 e. The highest BCUT2D eigenvalue weighted by atomic mass is 19.1. The molecule has 0 N–H and O–H groups in total. The van der Waals surface area contributed by atoms with Crippen LogP contribution >= 0.6 is 0 Å². The summed E-state index contributed by atoms with van der Waals surface area (Å²) in [7, 11) is 2.92. The minimum atomic E-state index is -0.536. The summed E-state index contributed by atoms with van der Waals surface area (Å²) in [5.74, 6) is 0.634. The van der Waals surface area contributed by atoms with Crippen molar-refractivity contribution in [2.24, 2.45) is 11.8 Å². The maximum atomic E-state index is 14.1.